The Hall–Kier alpha value is -2.49. The second-order valence-corrected chi connectivity index (χ2v) is 6.70. The standard InChI is InChI=1S/C20H15Cl2N3/c1-13-6-11-18-24-19(16-4-2-3-5-17(16)22)20(25(18)12-13)23-15-9-7-14(21)8-10-15/h2-12,23H,1H3. The van der Waals surface area contributed by atoms with E-state index in [1.54, 1.807) is 0 Å². The molecule has 0 fully saturated rings. The van der Waals surface area contributed by atoms with Crippen molar-refractivity contribution in [2.24, 2.45) is 0 Å². The highest BCUT2D eigenvalue weighted by Crippen LogP contribution is 2.35. The Morgan fingerprint density at radius 3 is 2.44 bits per heavy atom. The predicted octanol–water partition coefficient (Wildman–Crippen LogP) is 6.36. The Kier molecular flexibility index (Phi) is 4.12. The van der Waals surface area contributed by atoms with Crippen molar-refractivity contribution in [3.05, 3.63) is 82.5 Å². The summed E-state index contributed by atoms with van der Waals surface area (Å²) in [6.07, 6.45) is 2.06. The van der Waals surface area contributed by atoms with Gasteiger partial charge in [-0.1, -0.05) is 47.5 Å². The largest absolute Gasteiger partial charge is 0.339 e. The average molecular weight is 368 g/mol. The molecule has 4 rings (SSSR count). The second-order valence-electron chi connectivity index (χ2n) is 5.86. The van der Waals surface area contributed by atoms with Crippen molar-refractivity contribution < 1.29 is 0 Å². The number of rotatable bonds is 3. The van der Waals surface area contributed by atoms with E-state index in [0.717, 1.165) is 34.0 Å². The molecule has 0 amide bonds. The lowest BCUT2D eigenvalue weighted by molar-refractivity contribution is 1.16. The van der Waals surface area contributed by atoms with E-state index in [0.29, 0.717) is 10.0 Å². The fourth-order valence-corrected chi connectivity index (χ4v) is 3.13. The lowest BCUT2D eigenvalue weighted by atomic mass is 10.1. The maximum atomic E-state index is 6.42. The van der Waals surface area contributed by atoms with Crippen LogP contribution in [0.25, 0.3) is 16.9 Å². The van der Waals surface area contributed by atoms with Crippen molar-refractivity contribution in [2.45, 2.75) is 6.92 Å². The van der Waals surface area contributed by atoms with Gasteiger partial charge in [0.1, 0.15) is 17.2 Å². The lowest BCUT2D eigenvalue weighted by Gasteiger charge is -2.10. The Balaban J connectivity index is 1.93. The molecule has 0 atom stereocenters. The van der Waals surface area contributed by atoms with Crippen LogP contribution in [0.5, 0.6) is 0 Å². The molecule has 0 bridgehead atoms. The van der Waals surface area contributed by atoms with Crippen LogP contribution in [0.2, 0.25) is 10.0 Å². The first-order chi connectivity index (χ1) is 12.1. The highest BCUT2D eigenvalue weighted by atomic mass is 35.5. The van der Waals surface area contributed by atoms with Gasteiger partial charge in [0.25, 0.3) is 0 Å². The Bertz CT molecular complexity index is 1050. The zero-order chi connectivity index (χ0) is 17.4. The maximum absolute atomic E-state index is 6.42. The number of nitrogens with one attached hydrogen (secondary N) is 1. The summed E-state index contributed by atoms with van der Waals surface area (Å²) >= 11 is 12.4. The minimum absolute atomic E-state index is 0.668. The Morgan fingerprint density at radius 2 is 1.68 bits per heavy atom. The van der Waals surface area contributed by atoms with Gasteiger partial charge in [0.05, 0.1) is 5.02 Å². The zero-order valence-electron chi connectivity index (χ0n) is 13.5. The van der Waals surface area contributed by atoms with E-state index in [-0.39, 0.29) is 0 Å². The summed E-state index contributed by atoms with van der Waals surface area (Å²) in [6.45, 7) is 2.06. The molecule has 0 saturated heterocycles. The van der Waals surface area contributed by atoms with Crippen LogP contribution in [0.15, 0.2) is 66.9 Å². The molecule has 0 radical (unpaired) electrons. The molecule has 25 heavy (non-hydrogen) atoms. The monoisotopic (exact) mass is 367 g/mol. The summed E-state index contributed by atoms with van der Waals surface area (Å²) in [6, 6.07) is 19.4. The van der Waals surface area contributed by atoms with Crippen molar-refractivity contribution in [1.82, 2.24) is 9.38 Å². The highest BCUT2D eigenvalue weighted by molar-refractivity contribution is 6.33. The molecular weight excluding hydrogens is 353 g/mol. The number of anilines is 2. The third-order valence-electron chi connectivity index (χ3n) is 4.00. The third kappa shape index (κ3) is 3.09. The predicted molar refractivity (Wildman–Crippen MR) is 105 cm³/mol. The van der Waals surface area contributed by atoms with Gasteiger partial charge in [0, 0.05) is 22.5 Å². The number of aryl methyl sites for hydroxylation is 1. The summed E-state index contributed by atoms with van der Waals surface area (Å²) in [4.78, 5) is 4.79. The minimum atomic E-state index is 0.668. The summed E-state index contributed by atoms with van der Waals surface area (Å²) in [5.41, 5.74) is 4.64. The summed E-state index contributed by atoms with van der Waals surface area (Å²) in [7, 11) is 0. The van der Waals surface area contributed by atoms with Crippen molar-refractivity contribution in [2.75, 3.05) is 5.32 Å². The average Bonchev–Trinajstić information content (AvgIpc) is 2.95. The molecular formula is C20H15Cl2N3. The van der Waals surface area contributed by atoms with Gasteiger partial charge in [-0.05, 0) is 48.9 Å². The molecule has 124 valence electrons. The van der Waals surface area contributed by atoms with Crippen LogP contribution in [0.4, 0.5) is 11.5 Å². The minimum Gasteiger partial charge on any atom is -0.339 e. The molecule has 1 N–H and O–H groups in total. The zero-order valence-corrected chi connectivity index (χ0v) is 15.0. The number of fused-ring (bicyclic) bond motifs is 1. The highest BCUT2D eigenvalue weighted by Gasteiger charge is 2.16. The van der Waals surface area contributed by atoms with Crippen LogP contribution in [-0.4, -0.2) is 9.38 Å². The molecule has 0 aliphatic carbocycles. The van der Waals surface area contributed by atoms with Gasteiger partial charge >= 0.3 is 0 Å². The fraction of sp³-hybridized carbons (Fsp3) is 0.0500. The molecule has 0 aliphatic heterocycles. The topological polar surface area (TPSA) is 29.3 Å². The number of nitrogens with zero attached hydrogens (tertiary/aromatic N) is 2. The number of aromatic nitrogens is 2. The van der Waals surface area contributed by atoms with Gasteiger partial charge in [-0.15, -0.1) is 0 Å². The van der Waals surface area contributed by atoms with Gasteiger partial charge < -0.3 is 5.32 Å². The Morgan fingerprint density at radius 1 is 0.920 bits per heavy atom. The SMILES string of the molecule is Cc1ccc2nc(-c3ccccc3Cl)c(Nc3ccc(Cl)cc3)n2c1. The smallest absolute Gasteiger partial charge is 0.143 e. The molecule has 0 saturated carbocycles. The van der Waals surface area contributed by atoms with Crippen molar-refractivity contribution in [3.63, 3.8) is 0 Å². The normalized spacial score (nSPS) is 11.0. The number of hydrogen-bond donors (Lipinski definition) is 1. The van der Waals surface area contributed by atoms with E-state index in [4.69, 9.17) is 28.2 Å². The fourth-order valence-electron chi connectivity index (χ4n) is 2.78. The van der Waals surface area contributed by atoms with E-state index >= 15 is 0 Å². The number of benzene rings is 2. The molecule has 2 aromatic heterocycles. The van der Waals surface area contributed by atoms with Gasteiger partial charge in [-0.25, -0.2) is 4.98 Å². The first-order valence-electron chi connectivity index (χ1n) is 7.88. The van der Waals surface area contributed by atoms with Crippen molar-refractivity contribution >= 4 is 40.4 Å². The van der Waals surface area contributed by atoms with Crippen LogP contribution >= 0.6 is 23.2 Å². The molecule has 2 heterocycles. The van der Waals surface area contributed by atoms with Crippen LogP contribution in [0, 0.1) is 6.92 Å². The van der Waals surface area contributed by atoms with Gasteiger partial charge in [-0.2, -0.15) is 0 Å². The van der Waals surface area contributed by atoms with Gasteiger partial charge in [0.2, 0.25) is 0 Å². The number of imidazole rings is 1. The van der Waals surface area contributed by atoms with Gasteiger partial charge in [-0.3, -0.25) is 4.40 Å². The lowest BCUT2D eigenvalue weighted by Crippen LogP contribution is -1.97. The molecule has 0 spiro atoms. The van der Waals surface area contributed by atoms with Crippen molar-refractivity contribution in [3.8, 4) is 11.3 Å². The van der Waals surface area contributed by atoms with E-state index in [1.807, 2.05) is 65.1 Å². The molecule has 0 unspecified atom stereocenters. The maximum Gasteiger partial charge on any atom is 0.143 e. The van der Waals surface area contributed by atoms with E-state index in [9.17, 15) is 0 Å². The summed E-state index contributed by atoms with van der Waals surface area (Å²) in [5.74, 6) is 0.870. The molecule has 2 aromatic carbocycles. The molecule has 3 nitrogen and oxygen atoms in total. The number of halogens is 2. The van der Waals surface area contributed by atoms with Crippen LogP contribution in [-0.2, 0) is 0 Å². The van der Waals surface area contributed by atoms with E-state index in [1.165, 1.54) is 0 Å². The summed E-state index contributed by atoms with van der Waals surface area (Å²) < 4.78 is 2.04. The van der Waals surface area contributed by atoms with Crippen LogP contribution < -0.4 is 5.32 Å². The first kappa shape index (κ1) is 16.0. The first-order valence-corrected chi connectivity index (χ1v) is 8.63. The summed E-state index contributed by atoms with van der Waals surface area (Å²) in [5, 5.41) is 4.83. The Labute approximate surface area is 155 Å². The van der Waals surface area contributed by atoms with Crippen LogP contribution in [0.1, 0.15) is 5.56 Å². The third-order valence-corrected chi connectivity index (χ3v) is 4.58. The van der Waals surface area contributed by atoms with E-state index < -0.39 is 0 Å². The molecule has 5 heteroatoms. The second kappa shape index (κ2) is 6.43. The molecule has 0 aliphatic rings. The number of hydrogen-bond acceptors (Lipinski definition) is 2. The molecule has 4 aromatic rings. The van der Waals surface area contributed by atoms with E-state index in [2.05, 4.69) is 18.4 Å². The van der Waals surface area contributed by atoms with Crippen LogP contribution in [0.3, 0.4) is 0 Å². The quantitative estimate of drug-likeness (QED) is 0.456. The number of pyridine rings is 1. The van der Waals surface area contributed by atoms with Gasteiger partial charge in [0.15, 0.2) is 0 Å². The van der Waals surface area contributed by atoms with Crippen molar-refractivity contribution in [1.29, 1.82) is 0 Å².